The maximum Gasteiger partial charge on any atom is 0.340 e. The van der Waals surface area contributed by atoms with Gasteiger partial charge in [-0.1, -0.05) is 6.07 Å². The molecule has 0 amide bonds. The molecule has 1 saturated heterocycles. The monoisotopic (exact) mass is 411 g/mol. The minimum atomic E-state index is -3.98. The van der Waals surface area contributed by atoms with Crippen LogP contribution in [-0.2, 0) is 14.8 Å². The predicted molar refractivity (Wildman–Crippen MR) is 96.7 cm³/mol. The first kappa shape index (κ1) is 20.2. The van der Waals surface area contributed by atoms with Gasteiger partial charge in [-0.2, -0.15) is 4.31 Å². The minimum absolute atomic E-state index is 0.0588. The lowest BCUT2D eigenvalue weighted by Gasteiger charge is -2.19. The maximum absolute atomic E-state index is 14.0. The summed E-state index contributed by atoms with van der Waals surface area (Å²) >= 11 is 0. The third kappa shape index (κ3) is 4.00. The van der Waals surface area contributed by atoms with Crippen molar-refractivity contribution in [3.05, 3.63) is 59.2 Å². The van der Waals surface area contributed by atoms with Crippen molar-refractivity contribution in [1.29, 1.82) is 0 Å². The molecule has 2 aromatic carbocycles. The molecule has 0 spiro atoms. The Morgan fingerprint density at radius 1 is 1.21 bits per heavy atom. The number of aryl methyl sites for hydroxylation is 1. The van der Waals surface area contributed by atoms with Crippen LogP contribution in [0, 0.1) is 18.6 Å². The lowest BCUT2D eigenvalue weighted by molar-refractivity contribution is 0.0595. The smallest absolute Gasteiger partial charge is 0.340 e. The first-order chi connectivity index (χ1) is 13.2. The Morgan fingerprint density at radius 2 is 1.96 bits per heavy atom. The summed E-state index contributed by atoms with van der Waals surface area (Å²) in [6.45, 7) is 1.70. The highest BCUT2D eigenvalue weighted by Crippen LogP contribution is 2.28. The van der Waals surface area contributed by atoms with Crippen LogP contribution in [0.3, 0.4) is 0 Å². The van der Waals surface area contributed by atoms with Crippen molar-refractivity contribution < 1.29 is 31.5 Å². The number of rotatable bonds is 5. The predicted octanol–water partition coefficient (Wildman–Crippen LogP) is 2.90. The fourth-order valence-electron chi connectivity index (χ4n) is 3.08. The number of nitrogens with zero attached hydrogens (tertiary/aromatic N) is 1. The summed E-state index contributed by atoms with van der Waals surface area (Å²) in [5.41, 5.74) is -0.266. The molecule has 1 heterocycles. The zero-order valence-electron chi connectivity index (χ0n) is 15.3. The SMILES string of the molecule is COC(=O)c1cc(S(=O)(=O)N2CCC(Oc3cccc(F)c3)C2)c(C)cc1F. The van der Waals surface area contributed by atoms with Gasteiger partial charge in [-0.05, 0) is 43.2 Å². The molecule has 9 heteroatoms. The van der Waals surface area contributed by atoms with Gasteiger partial charge in [0.1, 0.15) is 23.5 Å². The molecule has 0 saturated carbocycles. The molecule has 6 nitrogen and oxygen atoms in total. The second-order valence-corrected chi connectivity index (χ2v) is 8.34. The molecule has 1 unspecified atom stereocenters. The summed E-state index contributed by atoms with van der Waals surface area (Å²) in [5, 5.41) is 0. The fourth-order valence-corrected chi connectivity index (χ4v) is 4.80. The average Bonchev–Trinajstić information content (AvgIpc) is 3.10. The molecule has 0 aromatic heterocycles. The molecular formula is C19H19F2NO5S. The first-order valence-corrected chi connectivity index (χ1v) is 9.97. The standard InChI is InChI=1S/C19H19F2NO5S/c1-12-8-17(21)16(19(23)26-2)10-18(12)28(24,25)22-7-6-15(11-22)27-14-5-3-4-13(20)9-14/h3-5,8-10,15H,6-7,11H2,1-2H3. The number of carbonyl (C=O) groups excluding carboxylic acids is 1. The molecule has 0 aliphatic carbocycles. The van der Waals surface area contributed by atoms with Crippen LogP contribution in [-0.4, -0.2) is 45.0 Å². The van der Waals surface area contributed by atoms with Crippen LogP contribution < -0.4 is 4.74 Å². The van der Waals surface area contributed by atoms with E-state index in [9.17, 15) is 22.0 Å². The molecule has 0 radical (unpaired) electrons. The highest BCUT2D eigenvalue weighted by molar-refractivity contribution is 7.89. The Hall–Kier alpha value is -2.52. The van der Waals surface area contributed by atoms with E-state index >= 15 is 0 Å². The molecule has 1 fully saturated rings. The molecule has 1 aliphatic rings. The number of hydrogen-bond acceptors (Lipinski definition) is 5. The van der Waals surface area contributed by atoms with Crippen molar-refractivity contribution in [2.45, 2.75) is 24.3 Å². The normalized spacial score (nSPS) is 17.5. The van der Waals surface area contributed by atoms with Gasteiger partial charge in [0.15, 0.2) is 0 Å². The highest BCUT2D eigenvalue weighted by atomic mass is 32.2. The Morgan fingerprint density at radius 3 is 2.64 bits per heavy atom. The Balaban J connectivity index is 1.83. The van der Waals surface area contributed by atoms with Gasteiger partial charge < -0.3 is 9.47 Å². The number of sulfonamides is 1. The van der Waals surface area contributed by atoms with Crippen LogP contribution >= 0.6 is 0 Å². The molecule has 1 atom stereocenters. The van der Waals surface area contributed by atoms with E-state index in [1.165, 1.54) is 29.4 Å². The number of hydrogen-bond donors (Lipinski definition) is 0. The molecule has 1 aliphatic heterocycles. The highest BCUT2D eigenvalue weighted by Gasteiger charge is 2.35. The largest absolute Gasteiger partial charge is 0.489 e. The van der Waals surface area contributed by atoms with Gasteiger partial charge in [0.25, 0.3) is 0 Å². The van der Waals surface area contributed by atoms with E-state index in [4.69, 9.17) is 4.74 Å². The lowest BCUT2D eigenvalue weighted by Crippen LogP contribution is -2.31. The summed E-state index contributed by atoms with van der Waals surface area (Å²) in [5.74, 6) is -1.94. The Bertz CT molecular complexity index is 1010. The molecule has 0 N–H and O–H groups in total. The summed E-state index contributed by atoms with van der Waals surface area (Å²) < 4.78 is 64.7. The molecule has 28 heavy (non-hydrogen) atoms. The average molecular weight is 411 g/mol. The number of carbonyl (C=O) groups is 1. The van der Waals surface area contributed by atoms with Crippen molar-refractivity contribution in [2.24, 2.45) is 0 Å². The fraction of sp³-hybridized carbons (Fsp3) is 0.316. The van der Waals surface area contributed by atoms with Crippen LogP contribution in [0.5, 0.6) is 5.75 Å². The molecule has 2 aromatic rings. The summed E-state index contributed by atoms with van der Waals surface area (Å²) in [6.07, 6.45) is -0.0303. The number of esters is 1. The summed E-state index contributed by atoms with van der Waals surface area (Å²) in [7, 11) is -2.89. The minimum Gasteiger partial charge on any atom is -0.489 e. The van der Waals surface area contributed by atoms with E-state index in [0.29, 0.717) is 12.2 Å². The Kier molecular flexibility index (Phi) is 5.66. The topological polar surface area (TPSA) is 72.9 Å². The third-order valence-electron chi connectivity index (χ3n) is 4.49. The second kappa shape index (κ2) is 7.84. The summed E-state index contributed by atoms with van der Waals surface area (Å²) in [6, 6.07) is 7.60. The van der Waals surface area contributed by atoms with E-state index in [0.717, 1.165) is 19.2 Å². The molecular weight excluding hydrogens is 392 g/mol. The number of halogens is 2. The zero-order chi connectivity index (χ0) is 20.5. The number of methoxy groups -OCH3 is 1. The van der Waals surface area contributed by atoms with Crippen molar-refractivity contribution in [3.63, 3.8) is 0 Å². The van der Waals surface area contributed by atoms with E-state index in [1.807, 2.05) is 0 Å². The lowest BCUT2D eigenvalue weighted by atomic mass is 10.1. The van der Waals surface area contributed by atoms with Crippen molar-refractivity contribution in [2.75, 3.05) is 20.2 Å². The van der Waals surface area contributed by atoms with Gasteiger partial charge >= 0.3 is 5.97 Å². The quantitative estimate of drug-likeness (QED) is 0.708. The third-order valence-corrected chi connectivity index (χ3v) is 6.50. The number of benzene rings is 2. The van der Waals surface area contributed by atoms with Crippen LogP contribution in [0.4, 0.5) is 8.78 Å². The van der Waals surface area contributed by atoms with Gasteiger partial charge in [-0.15, -0.1) is 0 Å². The van der Waals surface area contributed by atoms with Gasteiger partial charge in [-0.3, -0.25) is 0 Å². The van der Waals surface area contributed by atoms with Crippen molar-refractivity contribution in [3.8, 4) is 5.75 Å². The molecule has 3 rings (SSSR count). The van der Waals surface area contributed by atoms with Gasteiger partial charge in [0.05, 0.1) is 24.1 Å². The number of ether oxygens (including phenoxy) is 2. The summed E-state index contributed by atoms with van der Waals surface area (Å²) in [4.78, 5) is 11.5. The van der Waals surface area contributed by atoms with E-state index in [-0.39, 0.29) is 23.5 Å². The van der Waals surface area contributed by atoms with Crippen LogP contribution in [0.1, 0.15) is 22.3 Å². The van der Waals surface area contributed by atoms with E-state index in [1.54, 1.807) is 6.07 Å². The van der Waals surface area contributed by atoms with Crippen LogP contribution in [0.25, 0.3) is 0 Å². The van der Waals surface area contributed by atoms with Gasteiger partial charge in [0.2, 0.25) is 10.0 Å². The van der Waals surface area contributed by atoms with Gasteiger partial charge in [-0.25, -0.2) is 22.0 Å². The second-order valence-electron chi connectivity index (χ2n) is 6.44. The first-order valence-electron chi connectivity index (χ1n) is 8.53. The van der Waals surface area contributed by atoms with Crippen LogP contribution in [0.15, 0.2) is 41.3 Å². The van der Waals surface area contributed by atoms with E-state index < -0.39 is 39.3 Å². The molecule has 150 valence electrons. The zero-order valence-corrected chi connectivity index (χ0v) is 16.1. The van der Waals surface area contributed by atoms with Crippen molar-refractivity contribution >= 4 is 16.0 Å². The maximum atomic E-state index is 14.0. The van der Waals surface area contributed by atoms with Gasteiger partial charge in [0, 0.05) is 12.6 Å². The van der Waals surface area contributed by atoms with Crippen LogP contribution in [0.2, 0.25) is 0 Å². The molecule has 0 bridgehead atoms. The Labute approximate surface area is 161 Å². The van der Waals surface area contributed by atoms with Crippen molar-refractivity contribution in [1.82, 2.24) is 4.31 Å². The van der Waals surface area contributed by atoms with E-state index in [2.05, 4.69) is 4.74 Å².